The van der Waals surface area contributed by atoms with Crippen LogP contribution in [0, 0.1) is 18.3 Å². The second kappa shape index (κ2) is 7.46. The molecule has 0 atom stereocenters. The molecule has 0 radical (unpaired) electrons. The van der Waals surface area contributed by atoms with Gasteiger partial charge in [-0.3, -0.25) is 4.79 Å². The monoisotopic (exact) mass is 309 g/mol. The van der Waals surface area contributed by atoms with Gasteiger partial charge >= 0.3 is 5.97 Å². The van der Waals surface area contributed by atoms with E-state index in [2.05, 4.69) is 6.07 Å². The van der Waals surface area contributed by atoms with Crippen molar-refractivity contribution >= 4 is 5.97 Å². The van der Waals surface area contributed by atoms with Gasteiger partial charge in [-0.2, -0.15) is 5.26 Å². The minimum atomic E-state index is -0.270. The number of carbonyl (C=O) groups is 1. The summed E-state index contributed by atoms with van der Waals surface area (Å²) in [5, 5.41) is 9.39. The van der Waals surface area contributed by atoms with E-state index in [4.69, 9.17) is 9.47 Å². The summed E-state index contributed by atoms with van der Waals surface area (Å²) >= 11 is 0. The number of rotatable bonds is 5. The predicted molar refractivity (Wildman–Crippen MR) is 88.2 cm³/mol. The van der Waals surface area contributed by atoms with Gasteiger partial charge in [0.1, 0.15) is 5.75 Å². The van der Waals surface area contributed by atoms with Crippen molar-refractivity contribution in [1.82, 2.24) is 0 Å². The first-order chi connectivity index (χ1) is 11.1. The second-order valence-electron chi connectivity index (χ2n) is 5.18. The molecule has 0 amide bonds. The van der Waals surface area contributed by atoms with E-state index in [0.717, 1.165) is 22.3 Å². The molecule has 0 aromatic heterocycles. The van der Waals surface area contributed by atoms with Crippen molar-refractivity contribution in [2.75, 3.05) is 13.7 Å². The predicted octanol–water partition coefficient (Wildman–Crippen LogP) is 3.65. The van der Waals surface area contributed by atoms with Gasteiger partial charge in [0, 0.05) is 11.1 Å². The highest BCUT2D eigenvalue weighted by molar-refractivity contribution is 5.79. The van der Waals surface area contributed by atoms with Gasteiger partial charge in [0.05, 0.1) is 31.8 Å². The zero-order chi connectivity index (χ0) is 16.8. The van der Waals surface area contributed by atoms with Crippen LogP contribution in [0.2, 0.25) is 0 Å². The number of hydrogen-bond acceptors (Lipinski definition) is 4. The lowest BCUT2D eigenvalue weighted by Gasteiger charge is -2.12. The summed E-state index contributed by atoms with van der Waals surface area (Å²) in [6.45, 7) is 4.08. The van der Waals surface area contributed by atoms with E-state index in [-0.39, 0.29) is 12.4 Å². The van der Waals surface area contributed by atoms with E-state index >= 15 is 0 Å². The van der Waals surface area contributed by atoms with Crippen molar-refractivity contribution in [3.63, 3.8) is 0 Å². The molecule has 4 nitrogen and oxygen atoms in total. The first-order valence-electron chi connectivity index (χ1n) is 7.42. The molecule has 0 unspecified atom stereocenters. The summed E-state index contributed by atoms with van der Waals surface area (Å²) in [7, 11) is 1.59. The molecular formula is C19H19NO3. The number of nitriles is 1. The molecule has 0 fully saturated rings. The number of carbonyl (C=O) groups excluding carboxylic acids is 1. The van der Waals surface area contributed by atoms with Crippen LogP contribution in [-0.2, 0) is 16.0 Å². The van der Waals surface area contributed by atoms with E-state index < -0.39 is 0 Å². The van der Waals surface area contributed by atoms with Gasteiger partial charge in [0.25, 0.3) is 0 Å². The summed E-state index contributed by atoms with van der Waals surface area (Å²) in [5.41, 5.74) is 4.01. The van der Waals surface area contributed by atoms with Crippen molar-refractivity contribution in [3.8, 4) is 22.9 Å². The average Bonchev–Trinajstić information content (AvgIpc) is 2.54. The van der Waals surface area contributed by atoms with Gasteiger partial charge in [0.15, 0.2) is 0 Å². The number of aryl methyl sites for hydroxylation is 1. The summed E-state index contributed by atoms with van der Waals surface area (Å²) in [6.07, 6.45) is 0.193. The molecule has 118 valence electrons. The van der Waals surface area contributed by atoms with Crippen LogP contribution in [-0.4, -0.2) is 19.7 Å². The number of esters is 1. The number of hydrogen-bond donors (Lipinski definition) is 0. The SMILES string of the molecule is CCOC(=O)Cc1ccc(OC)c(-c2ccc(C)cc2C#N)c1. The maximum absolute atomic E-state index is 11.7. The first-order valence-corrected chi connectivity index (χ1v) is 7.42. The summed E-state index contributed by atoms with van der Waals surface area (Å²) in [6, 6.07) is 13.4. The van der Waals surface area contributed by atoms with Crippen LogP contribution in [0.25, 0.3) is 11.1 Å². The number of methoxy groups -OCH3 is 1. The normalized spacial score (nSPS) is 10.0. The van der Waals surface area contributed by atoms with Crippen molar-refractivity contribution < 1.29 is 14.3 Å². The van der Waals surface area contributed by atoms with Crippen LogP contribution in [0.15, 0.2) is 36.4 Å². The highest BCUT2D eigenvalue weighted by Crippen LogP contribution is 2.33. The van der Waals surface area contributed by atoms with Crippen LogP contribution >= 0.6 is 0 Å². The van der Waals surface area contributed by atoms with E-state index in [1.54, 1.807) is 14.0 Å². The zero-order valence-corrected chi connectivity index (χ0v) is 13.6. The number of ether oxygens (including phenoxy) is 2. The van der Waals surface area contributed by atoms with Crippen molar-refractivity contribution in [3.05, 3.63) is 53.1 Å². The Hall–Kier alpha value is -2.80. The molecular weight excluding hydrogens is 290 g/mol. The molecule has 0 spiro atoms. The molecule has 2 rings (SSSR count). The van der Waals surface area contributed by atoms with Gasteiger partial charge < -0.3 is 9.47 Å². The van der Waals surface area contributed by atoms with Gasteiger partial charge in [-0.05, 0) is 43.2 Å². The van der Waals surface area contributed by atoms with E-state index in [9.17, 15) is 10.1 Å². The Bertz CT molecular complexity index is 760. The number of nitrogens with zero attached hydrogens (tertiary/aromatic N) is 1. The maximum Gasteiger partial charge on any atom is 0.310 e. The minimum absolute atomic E-state index is 0.193. The van der Waals surface area contributed by atoms with Gasteiger partial charge in [-0.15, -0.1) is 0 Å². The lowest BCUT2D eigenvalue weighted by Crippen LogP contribution is -2.07. The molecule has 2 aromatic rings. The Morgan fingerprint density at radius 2 is 1.96 bits per heavy atom. The fraction of sp³-hybridized carbons (Fsp3) is 0.263. The van der Waals surface area contributed by atoms with Gasteiger partial charge in [-0.1, -0.05) is 18.2 Å². The lowest BCUT2D eigenvalue weighted by atomic mass is 9.95. The fourth-order valence-electron chi connectivity index (χ4n) is 2.44. The molecule has 0 N–H and O–H groups in total. The number of benzene rings is 2. The van der Waals surface area contributed by atoms with E-state index in [0.29, 0.717) is 17.9 Å². The van der Waals surface area contributed by atoms with Crippen LogP contribution < -0.4 is 4.74 Å². The Labute approximate surface area is 136 Å². The topological polar surface area (TPSA) is 59.3 Å². The van der Waals surface area contributed by atoms with Crippen molar-refractivity contribution in [2.24, 2.45) is 0 Å². The van der Waals surface area contributed by atoms with Crippen molar-refractivity contribution in [1.29, 1.82) is 5.26 Å². The average molecular weight is 309 g/mol. The maximum atomic E-state index is 11.7. The molecule has 0 saturated carbocycles. The quantitative estimate of drug-likeness (QED) is 0.791. The Balaban J connectivity index is 2.48. The van der Waals surface area contributed by atoms with Crippen LogP contribution in [0.1, 0.15) is 23.6 Å². The molecule has 0 heterocycles. The van der Waals surface area contributed by atoms with Crippen molar-refractivity contribution in [2.45, 2.75) is 20.3 Å². The third-order valence-corrected chi connectivity index (χ3v) is 3.50. The Morgan fingerprint density at radius 1 is 1.17 bits per heavy atom. The fourth-order valence-corrected chi connectivity index (χ4v) is 2.44. The summed E-state index contributed by atoms with van der Waals surface area (Å²) in [4.78, 5) is 11.7. The van der Waals surface area contributed by atoms with Gasteiger partial charge in [0.2, 0.25) is 0 Å². The molecule has 23 heavy (non-hydrogen) atoms. The first kappa shape index (κ1) is 16.6. The van der Waals surface area contributed by atoms with Crippen LogP contribution in [0.5, 0.6) is 5.75 Å². The smallest absolute Gasteiger partial charge is 0.310 e. The molecule has 0 aliphatic heterocycles. The second-order valence-corrected chi connectivity index (χ2v) is 5.18. The molecule has 2 aromatic carbocycles. The molecule has 0 saturated heterocycles. The zero-order valence-electron chi connectivity index (χ0n) is 13.6. The van der Waals surface area contributed by atoms with E-state index in [1.165, 1.54) is 0 Å². The Kier molecular flexibility index (Phi) is 5.37. The third kappa shape index (κ3) is 3.89. The highest BCUT2D eigenvalue weighted by Gasteiger charge is 2.13. The largest absolute Gasteiger partial charge is 0.496 e. The van der Waals surface area contributed by atoms with Gasteiger partial charge in [-0.25, -0.2) is 0 Å². The minimum Gasteiger partial charge on any atom is -0.496 e. The molecule has 4 heteroatoms. The van der Waals surface area contributed by atoms with Crippen LogP contribution in [0.3, 0.4) is 0 Å². The summed E-state index contributed by atoms with van der Waals surface area (Å²) < 4.78 is 10.4. The highest BCUT2D eigenvalue weighted by atomic mass is 16.5. The Morgan fingerprint density at radius 3 is 2.61 bits per heavy atom. The third-order valence-electron chi connectivity index (χ3n) is 3.50. The standard InChI is InChI=1S/C19H19NO3/c1-4-23-19(21)11-14-6-8-18(22-3)17(10-14)16-7-5-13(2)9-15(16)12-20/h5-10H,4,11H2,1-3H3. The molecule has 0 aliphatic carbocycles. The van der Waals surface area contributed by atoms with E-state index in [1.807, 2.05) is 43.3 Å². The lowest BCUT2D eigenvalue weighted by molar-refractivity contribution is -0.142. The molecule has 0 bridgehead atoms. The summed E-state index contributed by atoms with van der Waals surface area (Å²) in [5.74, 6) is 0.394. The van der Waals surface area contributed by atoms with Crippen LogP contribution in [0.4, 0.5) is 0 Å². The molecule has 0 aliphatic rings.